The zero-order valence-corrected chi connectivity index (χ0v) is 14.0. The van der Waals surface area contributed by atoms with Crippen LogP contribution in [0.2, 0.25) is 0 Å². The first-order valence-corrected chi connectivity index (χ1v) is 8.36. The third kappa shape index (κ3) is 3.29. The fourth-order valence-corrected chi connectivity index (χ4v) is 3.90. The minimum atomic E-state index is -0.320. The first-order chi connectivity index (χ1) is 11.1. The normalized spacial score (nSPS) is 12.8. The summed E-state index contributed by atoms with van der Waals surface area (Å²) in [5, 5.41) is 0. The monoisotopic (exact) mass is 330 g/mol. The second kappa shape index (κ2) is 6.54. The van der Waals surface area contributed by atoms with Crippen molar-refractivity contribution in [1.82, 2.24) is 0 Å². The number of ether oxygens (including phenoxy) is 2. The predicted molar refractivity (Wildman–Crippen MR) is 88.5 cm³/mol. The minimum absolute atomic E-state index is 0.0325. The van der Waals surface area contributed by atoms with Crippen molar-refractivity contribution in [2.45, 2.75) is 32.8 Å². The Bertz CT molecular complexity index is 739. The zero-order chi connectivity index (χ0) is 16.4. The fourth-order valence-electron chi connectivity index (χ4n) is 2.75. The van der Waals surface area contributed by atoms with Crippen molar-refractivity contribution >= 4 is 23.1 Å². The molecule has 0 N–H and O–H groups in total. The van der Waals surface area contributed by atoms with E-state index in [-0.39, 0.29) is 18.4 Å². The van der Waals surface area contributed by atoms with Gasteiger partial charge in [-0.3, -0.25) is 4.79 Å². The maximum absolute atomic E-state index is 12.2. The summed E-state index contributed by atoms with van der Waals surface area (Å²) in [5.74, 6) is 0.256. The molecule has 5 heteroatoms. The summed E-state index contributed by atoms with van der Waals surface area (Å²) in [6, 6.07) is 7.08. The van der Waals surface area contributed by atoms with Gasteiger partial charge in [0.15, 0.2) is 5.78 Å². The Balaban J connectivity index is 1.72. The van der Waals surface area contributed by atoms with Crippen LogP contribution in [0.1, 0.15) is 49.4 Å². The highest BCUT2D eigenvalue weighted by Crippen LogP contribution is 2.31. The van der Waals surface area contributed by atoms with E-state index in [0.717, 1.165) is 12.8 Å². The van der Waals surface area contributed by atoms with Crippen molar-refractivity contribution in [3.8, 4) is 5.75 Å². The van der Waals surface area contributed by atoms with Crippen molar-refractivity contribution in [2.75, 3.05) is 7.11 Å². The fraction of sp³-hybridized carbons (Fsp3) is 0.333. The molecule has 1 aromatic heterocycles. The summed E-state index contributed by atoms with van der Waals surface area (Å²) >= 11 is 1.52. The summed E-state index contributed by atoms with van der Waals surface area (Å²) < 4.78 is 10.7. The number of carbonyl (C=O) groups excluding carboxylic acids is 2. The van der Waals surface area contributed by atoms with Gasteiger partial charge in [0.25, 0.3) is 0 Å². The van der Waals surface area contributed by atoms with Gasteiger partial charge in [0.1, 0.15) is 17.2 Å². The molecule has 1 heterocycles. The molecule has 0 atom stereocenters. The molecule has 1 aromatic carbocycles. The van der Waals surface area contributed by atoms with Crippen LogP contribution in [0, 0.1) is 0 Å². The van der Waals surface area contributed by atoms with Gasteiger partial charge in [-0.1, -0.05) is 0 Å². The van der Waals surface area contributed by atoms with Crippen molar-refractivity contribution in [2.24, 2.45) is 0 Å². The van der Waals surface area contributed by atoms with Crippen LogP contribution < -0.4 is 4.74 Å². The van der Waals surface area contributed by atoms with Gasteiger partial charge in [-0.2, -0.15) is 0 Å². The van der Waals surface area contributed by atoms with Gasteiger partial charge in [0.2, 0.25) is 0 Å². The SMILES string of the molecule is COc1ccc(C(C)=O)cc1COC(=O)c1cc2c(s1)CCC2. The predicted octanol–water partition coefficient (Wildman–Crippen LogP) is 3.81. The molecular weight excluding hydrogens is 312 g/mol. The average molecular weight is 330 g/mol. The highest BCUT2D eigenvalue weighted by atomic mass is 32.1. The van der Waals surface area contributed by atoms with Crippen molar-refractivity contribution in [3.63, 3.8) is 0 Å². The summed E-state index contributed by atoms with van der Waals surface area (Å²) in [6.45, 7) is 1.59. The van der Waals surface area contributed by atoms with Crippen molar-refractivity contribution in [1.29, 1.82) is 0 Å². The summed E-state index contributed by atoms with van der Waals surface area (Å²) in [5.41, 5.74) is 2.54. The van der Waals surface area contributed by atoms with Crippen LogP contribution in [0.3, 0.4) is 0 Å². The number of benzene rings is 1. The van der Waals surface area contributed by atoms with E-state index in [4.69, 9.17) is 9.47 Å². The van der Waals surface area contributed by atoms with E-state index in [1.807, 2.05) is 6.07 Å². The molecule has 0 saturated heterocycles. The quantitative estimate of drug-likeness (QED) is 0.618. The zero-order valence-electron chi connectivity index (χ0n) is 13.2. The van der Waals surface area contributed by atoms with E-state index < -0.39 is 0 Å². The van der Waals surface area contributed by atoms with Gasteiger partial charge in [0.05, 0.1) is 7.11 Å². The maximum atomic E-state index is 12.2. The number of fused-ring (bicyclic) bond motifs is 1. The van der Waals surface area contributed by atoms with Crippen LogP contribution in [-0.4, -0.2) is 18.9 Å². The van der Waals surface area contributed by atoms with Crippen LogP contribution in [0.15, 0.2) is 24.3 Å². The third-order valence-electron chi connectivity index (χ3n) is 3.99. The van der Waals surface area contributed by atoms with Gasteiger partial charge >= 0.3 is 5.97 Å². The average Bonchev–Trinajstić information content (AvgIpc) is 3.13. The van der Waals surface area contributed by atoms with Crippen LogP contribution in [-0.2, 0) is 24.2 Å². The topological polar surface area (TPSA) is 52.6 Å². The highest BCUT2D eigenvalue weighted by molar-refractivity contribution is 7.14. The second-order valence-corrected chi connectivity index (χ2v) is 6.71. The Morgan fingerprint density at radius 3 is 2.74 bits per heavy atom. The van der Waals surface area contributed by atoms with Crippen molar-refractivity contribution < 1.29 is 19.1 Å². The molecule has 0 unspecified atom stereocenters. The Kier molecular flexibility index (Phi) is 4.48. The van der Waals surface area contributed by atoms with E-state index in [1.54, 1.807) is 25.3 Å². The number of hydrogen-bond acceptors (Lipinski definition) is 5. The molecule has 0 amide bonds. The number of Topliss-reactive ketones (excluding diaryl/α,β-unsaturated/α-hetero) is 1. The number of hydrogen-bond donors (Lipinski definition) is 0. The number of thiophene rings is 1. The van der Waals surface area contributed by atoms with E-state index in [2.05, 4.69) is 0 Å². The molecule has 0 bridgehead atoms. The molecule has 0 saturated carbocycles. The molecule has 0 aliphatic heterocycles. The molecular formula is C18H18O4S. The molecule has 0 fully saturated rings. The van der Waals surface area contributed by atoms with Crippen LogP contribution in [0.4, 0.5) is 0 Å². The minimum Gasteiger partial charge on any atom is -0.496 e. The third-order valence-corrected chi connectivity index (χ3v) is 5.21. The Hall–Kier alpha value is -2.14. The largest absolute Gasteiger partial charge is 0.496 e. The van der Waals surface area contributed by atoms with Gasteiger partial charge in [-0.25, -0.2) is 4.79 Å². The number of rotatable bonds is 5. The molecule has 1 aliphatic rings. The van der Waals surface area contributed by atoms with E-state index >= 15 is 0 Å². The van der Waals surface area contributed by atoms with Gasteiger partial charge in [0, 0.05) is 16.0 Å². The standard InChI is InChI=1S/C18H18O4S/c1-11(19)12-6-7-15(21-2)14(8-12)10-22-18(20)17-9-13-4-3-5-16(13)23-17/h6-9H,3-5,10H2,1-2H3. The Morgan fingerprint density at radius 1 is 1.22 bits per heavy atom. The molecule has 3 rings (SSSR count). The lowest BCUT2D eigenvalue weighted by molar-refractivity contribution is 0.0476. The molecule has 0 spiro atoms. The lowest BCUT2D eigenvalue weighted by Crippen LogP contribution is -2.05. The molecule has 2 aromatic rings. The van der Waals surface area contributed by atoms with Gasteiger partial charge in [-0.05, 0) is 56.0 Å². The Morgan fingerprint density at radius 2 is 2.04 bits per heavy atom. The maximum Gasteiger partial charge on any atom is 0.348 e. The van der Waals surface area contributed by atoms with Crippen molar-refractivity contribution in [3.05, 3.63) is 50.7 Å². The van der Waals surface area contributed by atoms with Crippen LogP contribution in [0.5, 0.6) is 5.75 Å². The highest BCUT2D eigenvalue weighted by Gasteiger charge is 2.19. The summed E-state index contributed by atoms with van der Waals surface area (Å²) in [6.07, 6.45) is 3.28. The number of ketones is 1. The molecule has 1 aliphatic carbocycles. The number of carbonyl (C=O) groups is 2. The lowest BCUT2D eigenvalue weighted by Gasteiger charge is -2.10. The second-order valence-electron chi connectivity index (χ2n) is 5.57. The van der Waals surface area contributed by atoms with Crippen LogP contribution >= 0.6 is 11.3 Å². The van der Waals surface area contributed by atoms with E-state index in [1.165, 1.54) is 35.1 Å². The molecule has 0 radical (unpaired) electrons. The lowest BCUT2D eigenvalue weighted by atomic mass is 10.1. The molecule has 120 valence electrons. The van der Waals surface area contributed by atoms with E-state index in [0.29, 0.717) is 21.8 Å². The van der Waals surface area contributed by atoms with Gasteiger partial charge < -0.3 is 9.47 Å². The molecule has 4 nitrogen and oxygen atoms in total. The molecule has 23 heavy (non-hydrogen) atoms. The first kappa shape index (κ1) is 15.7. The van der Waals surface area contributed by atoms with Gasteiger partial charge in [-0.15, -0.1) is 11.3 Å². The van der Waals surface area contributed by atoms with Crippen LogP contribution in [0.25, 0.3) is 0 Å². The smallest absolute Gasteiger partial charge is 0.348 e. The summed E-state index contributed by atoms with van der Waals surface area (Å²) in [7, 11) is 1.55. The first-order valence-electron chi connectivity index (χ1n) is 7.55. The number of aryl methyl sites for hydroxylation is 2. The number of esters is 1. The summed E-state index contributed by atoms with van der Waals surface area (Å²) in [4.78, 5) is 25.7. The Labute approximate surface area is 139 Å². The number of methoxy groups -OCH3 is 1. The van der Waals surface area contributed by atoms with E-state index in [9.17, 15) is 9.59 Å².